The average Bonchev–Trinajstić information content (AvgIpc) is 2.64. The minimum Gasteiger partial charge on any atom is -0.504 e. The third-order valence-corrected chi connectivity index (χ3v) is 5.10. The van der Waals surface area contributed by atoms with Gasteiger partial charge in [-0.1, -0.05) is 78.1 Å². The van der Waals surface area contributed by atoms with Gasteiger partial charge in [0, 0.05) is 5.56 Å². The zero-order valence-electron chi connectivity index (χ0n) is 16.5. The summed E-state index contributed by atoms with van der Waals surface area (Å²) in [5.74, 6) is -3.74. The Hall–Kier alpha value is -1.32. The summed E-state index contributed by atoms with van der Waals surface area (Å²) in [6.45, 7) is 4.32. The van der Waals surface area contributed by atoms with Crippen molar-refractivity contribution < 1.29 is 19.0 Å². The monoisotopic (exact) mass is 370 g/mol. The van der Waals surface area contributed by atoms with E-state index < -0.39 is 23.1 Å². The van der Waals surface area contributed by atoms with Gasteiger partial charge in [-0.05, 0) is 31.2 Å². The van der Waals surface area contributed by atoms with Crippen LogP contribution >= 0.6 is 0 Å². The molecule has 1 aromatic carbocycles. The van der Waals surface area contributed by atoms with Gasteiger partial charge in [0.25, 0.3) is 0 Å². The van der Waals surface area contributed by atoms with Crippen molar-refractivity contribution in [2.75, 3.05) is 0 Å². The minimum atomic E-state index is -1.32. The maximum absolute atomic E-state index is 14.4. The second kappa shape index (κ2) is 12.9. The second-order valence-electron chi connectivity index (χ2n) is 7.32. The fourth-order valence-electron chi connectivity index (χ4n) is 3.45. The molecule has 0 aliphatic heterocycles. The number of phenolic OH excluding ortho intramolecular Hbond substituents is 2. The first-order valence-corrected chi connectivity index (χ1v) is 10.4. The summed E-state index contributed by atoms with van der Waals surface area (Å²) in [4.78, 5) is 0. The molecule has 0 aromatic heterocycles. The number of hydrogen-bond acceptors (Lipinski definition) is 2. The number of phenols is 2. The molecule has 1 aromatic rings. The van der Waals surface area contributed by atoms with E-state index in [0.717, 1.165) is 38.5 Å². The molecule has 0 spiro atoms. The molecule has 0 bridgehead atoms. The van der Waals surface area contributed by atoms with Gasteiger partial charge >= 0.3 is 0 Å². The Kier molecular flexibility index (Phi) is 11.3. The zero-order valence-corrected chi connectivity index (χ0v) is 16.5. The van der Waals surface area contributed by atoms with Crippen molar-refractivity contribution in [3.05, 3.63) is 22.8 Å². The molecule has 26 heavy (non-hydrogen) atoms. The van der Waals surface area contributed by atoms with Gasteiger partial charge in [0.15, 0.2) is 17.3 Å². The van der Waals surface area contributed by atoms with E-state index in [1.165, 1.54) is 38.5 Å². The number of unbranched alkanes of at least 4 members (excludes halogenated alkanes) is 10. The molecule has 0 saturated heterocycles. The Bertz CT molecular complexity index is 483. The third-order valence-electron chi connectivity index (χ3n) is 5.10. The highest BCUT2D eigenvalue weighted by molar-refractivity contribution is 5.51. The minimum absolute atomic E-state index is 0.252. The molecule has 0 unspecified atom stereocenters. The highest BCUT2D eigenvalue weighted by Crippen LogP contribution is 2.38. The molecule has 150 valence electrons. The van der Waals surface area contributed by atoms with Crippen LogP contribution < -0.4 is 0 Å². The maximum Gasteiger partial charge on any atom is 0.204 e. The van der Waals surface area contributed by atoms with Crippen molar-refractivity contribution in [2.45, 2.75) is 104 Å². The van der Waals surface area contributed by atoms with Crippen LogP contribution in [0.15, 0.2) is 0 Å². The van der Waals surface area contributed by atoms with Gasteiger partial charge in [-0.25, -0.2) is 4.39 Å². The Labute approximate surface area is 157 Å². The van der Waals surface area contributed by atoms with Gasteiger partial charge in [0.2, 0.25) is 5.82 Å². The summed E-state index contributed by atoms with van der Waals surface area (Å²) >= 11 is 0. The molecule has 4 heteroatoms. The van der Waals surface area contributed by atoms with Crippen LogP contribution in [-0.2, 0) is 12.8 Å². The molecule has 0 atom stereocenters. The molecule has 1 rings (SSSR count). The Morgan fingerprint density at radius 1 is 0.538 bits per heavy atom. The summed E-state index contributed by atoms with van der Waals surface area (Å²) in [5.41, 5.74) is 0.646. The predicted molar refractivity (Wildman–Crippen MR) is 104 cm³/mol. The lowest BCUT2D eigenvalue weighted by Gasteiger charge is -2.15. The fourth-order valence-corrected chi connectivity index (χ4v) is 3.45. The summed E-state index contributed by atoms with van der Waals surface area (Å²) in [5, 5.41) is 19.8. The van der Waals surface area contributed by atoms with E-state index in [0.29, 0.717) is 18.4 Å². The number of benzene rings is 1. The molecule has 0 heterocycles. The maximum atomic E-state index is 14.4. The van der Waals surface area contributed by atoms with Gasteiger partial charge in [-0.3, -0.25) is 0 Å². The average molecular weight is 371 g/mol. The number of rotatable bonds is 14. The van der Waals surface area contributed by atoms with E-state index in [1.807, 2.05) is 0 Å². The SMILES string of the molecule is CCCCCCCCc1c(O)c(O)c(F)c(F)c1CCCCCCCC. The highest BCUT2D eigenvalue weighted by Gasteiger charge is 2.23. The normalized spacial score (nSPS) is 11.2. The lowest BCUT2D eigenvalue weighted by molar-refractivity contribution is 0.356. The van der Waals surface area contributed by atoms with E-state index >= 15 is 0 Å². The number of aromatic hydroxyl groups is 2. The molecule has 0 radical (unpaired) electrons. The standard InChI is InChI=1S/C22H36F2O2/c1-3-5-7-9-11-13-15-17-18(16-14-12-10-8-6-4-2)21(25)22(26)20(24)19(17)23/h25-26H,3-16H2,1-2H3. The van der Waals surface area contributed by atoms with E-state index in [-0.39, 0.29) is 5.56 Å². The largest absolute Gasteiger partial charge is 0.504 e. The lowest BCUT2D eigenvalue weighted by atomic mass is 9.94. The van der Waals surface area contributed by atoms with Gasteiger partial charge in [-0.15, -0.1) is 0 Å². The summed E-state index contributed by atoms with van der Waals surface area (Å²) in [7, 11) is 0. The molecule has 0 aliphatic carbocycles. The summed E-state index contributed by atoms with van der Waals surface area (Å²) in [6.07, 6.45) is 13.7. The Balaban J connectivity index is 2.70. The summed E-state index contributed by atoms with van der Waals surface area (Å²) < 4.78 is 28.2. The van der Waals surface area contributed by atoms with Crippen LogP contribution in [0, 0.1) is 11.6 Å². The fraction of sp³-hybridized carbons (Fsp3) is 0.727. The first-order valence-electron chi connectivity index (χ1n) is 10.4. The van der Waals surface area contributed by atoms with Gasteiger partial charge < -0.3 is 10.2 Å². The van der Waals surface area contributed by atoms with Crippen LogP contribution in [0.2, 0.25) is 0 Å². The van der Waals surface area contributed by atoms with Crippen molar-refractivity contribution in [1.29, 1.82) is 0 Å². The topological polar surface area (TPSA) is 40.5 Å². The van der Waals surface area contributed by atoms with Crippen LogP contribution in [0.4, 0.5) is 8.78 Å². The van der Waals surface area contributed by atoms with E-state index in [1.54, 1.807) is 0 Å². The Morgan fingerprint density at radius 3 is 1.46 bits per heavy atom. The van der Waals surface area contributed by atoms with Crippen molar-refractivity contribution in [3.8, 4) is 11.5 Å². The number of hydrogen-bond donors (Lipinski definition) is 2. The molecular formula is C22H36F2O2. The van der Waals surface area contributed by atoms with Crippen molar-refractivity contribution in [3.63, 3.8) is 0 Å². The molecule has 2 N–H and O–H groups in total. The van der Waals surface area contributed by atoms with Crippen LogP contribution in [0.3, 0.4) is 0 Å². The van der Waals surface area contributed by atoms with Crippen molar-refractivity contribution in [2.24, 2.45) is 0 Å². The summed E-state index contributed by atoms with van der Waals surface area (Å²) in [6, 6.07) is 0. The molecule has 2 nitrogen and oxygen atoms in total. The smallest absolute Gasteiger partial charge is 0.204 e. The van der Waals surface area contributed by atoms with Gasteiger partial charge in [-0.2, -0.15) is 4.39 Å². The van der Waals surface area contributed by atoms with Crippen LogP contribution in [-0.4, -0.2) is 10.2 Å². The van der Waals surface area contributed by atoms with E-state index in [9.17, 15) is 19.0 Å². The first kappa shape index (κ1) is 22.7. The highest BCUT2D eigenvalue weighted by atomic mass is 19.2. The van der Waals surface area contributed by atoms with E-state index in [2.05, 4.69) is 13.8 Å². The molecule has 0 fully saturated rings. The molecule has 0 saturated carbocycles. The van der Waals surface area contributed by atoms with Crippen molar-refractivity contribution in [1.82, 2.24) is 0 Å². The zero-order chi connectivity index (χ0) is 19.4. The Morgan fingerprint density at radius 2 is 0.962 bits per heavy atom. The molecule has 0 aliphatic rings. The van der Waals surface area contributed by atoms with Gasteiger partial charge in [0.1, 0.15) is 0 Å². The first-order chi connectivity index (χ1) is 12.5. The molecule has 0 amide bonds. The van der Waals surface area contributed by atoms with Gasteiger partial charge in [0.05, 0.1) is 0 Å². The van der Waals surface area contributed by atoms with Crippen LogP contribution in [0.5, 0.6) is 11.5 Å². The second-order valence-corrected chi connectivity index (χ2v) is 7.32. The third kappa shape index (κ3) is 7.13. The lowest BCUT2D eigenvalue weighted by Crippen LogP contribution is -2.04. The van der Waals surface area contributed by atoms with Crippen LogP contribution in [0.1, 0.15) is 102 Å². The molecular weight excluding hydrogens is 334 g/mol. The number of halogens is 2. The van der Waals surface area contributed by atoms with Crippen LogP contribution in [0.25, 0.3) is 0 Å². The predicted octanol–water partition coefficient (Wildman–Crippen LogP) is 7.18. The quantitative estimate of drug-likeness (QED) is 0.269. The van der Waals surface area contributed by atoms with Crippen molar-refractivity contribution >= 4 is 0 Å². The van der Waals surface area contributed by atoms with E-state index in [4.69, 9.17) is 0 Å².